The van der Waals surface area contributed by atoms with Crippen molar-refractivity contribution in [2.75, 3.05) is 27.2 Å². The van der Waals surface area contributed by atoms with Crippen LogP contribution < -0.4 is 5.32 Å². The molecule has 11 heavy (non-hydrogen) atoms. The second-order valence-electron chi connectivity index (χ2n) is 2.76. The van der Waals surface area contributed by atoms with Gasteiger partial charge in [0.1, 0.15) is 0 Å². The van der Waals surface area contributed by atoms with Crippen LogP contribution in [0.5, 0.6) is 0 Å². The molecule has 1 N–H and O–H groups in total. The lowest BCUT2D eigenvalue weighted by molar-refractivity contribution is 0.409. The molecule has 0 aliphatic carbocycles. The maximum absolute atomic E-state index is 3.82. The van der Waals surface area contributed by atoms with Crippen molar-refractivity contribution in [2.24, 2.45) is 0 Å². The zero-order valence-electron chi connectivity index (χ0n) is 7.72. The molecule has 2 nitrogen and oxygen atoms in total. The average molecular weight is 154 g/mol. The number of allylic oxidation sites excluding steroid dienone is 2. The predicted octanol–water partition coefficient (Wildman–Crippen LogP) is 1.23. The van der Waals surface area contributed by atoms with Crippen LogP contribution in [0.1, 0.15) is 6.92 Å². The van der Waals surface area contributed by atoms with Crippen molar-refractivity contribution < 1.29 is 0 Å². The SMILES string of the molecule is C=C(/C=C\C)NCCN(C)C. The highest BCUT2D eigenvalue weighted by molar-refractivity contribution is 5.10. The highest BCUT2D eigenvalue weighted by atomic mass is 15.1. The maximum atomic E-state index is 3.82. The van der Waals surface area contributed by atoms with Gasteiger partial charge in [-0.25, -0.2) is 0 Å². The van der Waals surface area contributed by atoms with Crippen molar-refractivity contribution >= 4 is 0 Å². The molecule has 0 radical (unpaired) electrons. The van der Waals surface area contributed by atoms with Crippen LogP contribution in [0.15, 0.2) is 24.4 Å². The van der Waals surface area contributed by atoms with Crippen molar-refractivity contribution in [3.63, 3.8) is 0 Å². The molecule has 0 heterocycles. The summed E-state index contributed by atoms with van der Waals surface area (Å²) in [5, 5.41) is 3.19. The summed E-state index contributed by atoms with van der Waals surface area (Å²) in [7, 11) is 4.11. The third kappa shape index (κ3) is 7.13. The van der Waals surface area contributed by atoms with Crippen molar-refractivity contribution in [1.82, 2.24) is 10.2 Å². The Labute approximate surface area is 69.6 Å². The molecule has 2 heteroatoms. The van der Waals surface area contributed by atoms with E-state index in [4.69, 9.17) is 0 Å². The van der Waals surface area contributed by atoms with Crippen molar-refractivity contribution in [1.29, 1.82) is 0 Å². The minimum atomic E-state index is 0.955. The van der Waals surface area contributed by atoms with Gasteiger partial charge in [-0.3, -0.25) is 0 Å². The van der Waals surface area contributed by atoms with Crippen LogP contribution in [0.3, 0.4) is 0 Å². The summed E-state index contributed by atoms with van der Waals surface area (Å²) in [6.45, 7) is 7.80. The molecule has 0 saturated carbocycles. The van der Waals surface area contributed by atoms with E-state index in [0.29, 0.717) is 0 Å². The Kier molecular flexibility index (Phi) is 5.57. The van der Waals surface area contributed by atoms with Gasteiger partial charge in [-0.05, 0) is 27.1 Å². The number of hydrogen-bond donors (Lipinski definition) is 1. The Balaban J connectivity index is 3.32. The minimum absolute atomic E-state index is 0.955. The molecule has 0 saturated heterocycles. The maximum Gasteiger partial charge on any atom is 0.0274 e. The Morgan fingerprint density at radius 2 is 2.18 bits per heavy atom. The number of likely N-dealkylation sites (N-methyl/N-ethyl adjacent to an activating group) is 1. The van der Waals surface area contributed by atoms with Gasteiger partial charge in [0.05, 0.1) is 0 Å². The standard InChI is InChI=1S/C9H18N2/c1-5-6-9(2)10-7-8-11(3)4/h5-6,10H,2,7-8H2,1,3-4H3/b6-5-. The highest BCUT2D eigenvalue weighted by Gasteiger charge is 1.88. The van der Waals surface area contributed by atoms with Crippen molar-refractivity contribution in [2.45, 2.75) is 6.92 Å². The molecule has 0 unspecified atom stereocenters. The Bertz CT molecular complexity index is 136. The van der Waals surface area contributed by atoms with Gasteiger partial charge in [0.2, 0.25) is 0 Å². The van der Waals surface area contributed by atoms with E-state index in [1.54, 1.807) is 0 Å². The van der Waals surface area contributed by atoms with E-state index in [1.165, 1.54) is 0 Å². The van der Waals surface area contributed by atoms with E-state index in [1.807, 2.05) is 19.1 Å². The van der Waals surface area contributed by atoms with Gasteiger partial charge in [-0.2, -0.15) is 0 Å². The van der Waals surface area contributed by atoms with Crippen LogP contribution in [-0.4, -0.2) is 32.1 Å². The summed E-state index contributed by atoms with van der Waals surface area (Å²) in [4.78, 5) is 2.13. The molecule has 0 atom stereocenters. The molecule has 0 spiro atoms. The monoisotopic (exact) mass is 154 g/mol. The van der Waals surface area contributed by atoms with E-state index in [0.717, 1.165) is 18.8 Å². The number of hydrogen-bond acceptors (Lipinski definition) is 2. The van der Waals surface area contributed by atoms with Crippen LogP contribution in [0.2, 0.25) is 0 Å². The highest BCUT2D eigenvalue weighted by Crippen LogP contribution is 1.85. The van der Waals surface area contributed by atoms with Crippen LogP contribution in [0.25, 0.3) is 0 Å². The number of nitrogens with one attached hydrogen (secondary N) is 1. The predicted molar refractivity (Wildman–Crippen MR) is 50.5 cm³/mol. The van der Waals surface area contributed by atoms with Crippen LogP contribution in [-0.2, 0) is 0 Å². The molecule has 0 aliphatic heterocycles. The molecule has 0 rings (SSSR count). The lowest BCUT2D eigenvalue weighted by atomic mass is 10.4. The van der Waals surface area contributed by atoms with E-state index in [-0.39, 0.29) is 0 Å². The molecule has 0 aliphatic rings. The van der Waals surface area contributed by atoms with Gasteiger partial charge in [0, 0.05) is 18.8 Å². The largest absolute Gasteiger partial charge is 0.384 e. The zero-order chi connectivity index (χ0) is 8.69. The Morgan fingerprint density at radius 1 is 1.55 bits per heavy atom. The Hall–Kier alpha value is -0.760. The van der Waals surface area contributed by atoms with Crippen LogP contribution >= 0.6 is 0 Å². The molecule has 0 aromatic carbocycles. The summed E-state index contributed by atoms with van der Waals surface area (Å²) in [5.74, 6) is 0. The fourth-order valence-electron chi connectivity index (χ4n) is 0.700. The molecule has 0 bridgehead atoms. The fraction of sp³-hybridized carbons (Fsp3) is 0.556. The van der Waals surface area contributed by atoms with E-state index in [9.17, 15) is 0 Å². The lowest BCUT2D eigenvalue weighted by Gasteiger charge is -2.10. The zero-order valence-corrected chi connectivity index (χ0v) is 7.72. The first-order valence-electron chi connectivity index (χ1n) is 3.87. The number of rotatable bonds is 5. The topological polar surface area (TPSA) is 15.3 Å². The van der Waals surface area contributed by atoms with Gasteiger partial charge >= 0.3 is 0 Å². The molecular formula is C9H18N2. The normalized spacial score (nSPS) is 10.9. The Morgan fingerprint density at radius 3 is 2.64 bits per heavy atom. The molecule has 0 amide bonds. The third-order valence-electron chi connectivity index (χ3n) is 1.28. The lowest BCUT2D eigenvalue weighted by Crippen LogP contribution is -2.25. The smallest absolute Gasteiger partial charge is 0.0274 e. The molecule has 0 aromatic rings. The van der Waals surface area contributed by atoms with E-state index in [2.05, 4.69) is 30.9 Å². The molecule has 64 valence electrons. The summed E-state index contributed by atoms with van der Waals surface area (Å²) in [6, 6.07) is 0. The summed E-state index contributed by atoms with van der Waals surface area (Å²) in [6.07, 6.45) is 3.95. The molecule has 0 fully saturated rings. The van der Waals surface area contributed by atoms with Crippen molar-refractivity contribution in [3.8, 4) is 0 Å². The van der Waals surface area contributed by atoms with Crippen molar-refractivity contribution in [3.05, 3.63) is 24.4 Å². The van der Waals surface area contributed by atoms with Crippen LogP contribution in [0.4, 0.5) is 0 Å². The van der Waals surface area contributed by atoms with E-state index < -0.39 is 0 Å². The first-order chi connectivity index (χ1) is 5.16. The third-order valence-corrected chi connectivity index (χ3v) is 1.28. The molecule has 0 aromatic heterocycles. The van der Waals surface area contributed by atoms with Gasteiger partial charge in [0.15, 0.2) is 0 Å². The quantitative estimate of drug-likeness (QED) is 0.599. The second-order valence-corrected chi connectivity index (χ2v) is 2.76. The van der Waals surface area contributed by atoms with Gasteiger partial charge in [-0.1, -0.05) is 12.7 Å². The first-order valence-corrected chi connectivity index (χ1v) is 3.87. The first kappa shape index (κ1) is 10.2. The average Bonchev–Trinajstić information content (AvgIpc) is 1.87. The second kappa shape index (κ2) is 5.98. The summed E-state index contributed by atoms with van der Waals surface area (Å²) >= 11 is 0. The van der Waals surface area contributed by atoms with Gasteiger partial charge < -0.3 is 10.2 Å². The number of nitrogens with zero attached hydrogens (tertiary/aromatic N) is 1. The fourth-order valence-corrected chi connectivity index (χ4v) is 0.700. The van der Waals surface area contributed by atoms with Gasteiger partial charge in [0.25, 0.3) is 0 Å². The van der Waals surface area contributed by atoms with Crippen LogP contribution in [0, 0.1) is 0 Å². The summed E-state index contributed by atoms with van der Waals surface area (Å²) < 4.78 is 0. The minimum Gasteiger partial charge on any atom is -0.384 e. The van der Waals surface area contributed by atoms with Gasteiger partial charge in [-0.15, -0.1) is 0 Å². The molecular weight excluding hydrogens is 136 g/mol. The summed E-state index contributed by atoms with van der Waals surface area (Å²) in [5.41, 5.74) is 0.981. The van der Waals surface area contributed by atoms with E-state index >= 15 is 0 Å².